The molecule has 1 saturated heterocycles. The lowest BCUT2D eigenvalue weighted by atomic mass is 10.1. The molecule has 0 radical (unpaired) electrons. The smallest absolute Gasteiger partial charge is 0.229 e. The van der Waals surface area contributed by atoms with Crippen molar-refractivity contribution < 1.29 is 9.59 Å². The maximum Gasteiger partial charge on any atom is 0.229 e. The molecule has 1 aromatic rings. The molecule has 5 heteroatoms. The average Bonchev–Trinajstić information content (AvgIpc) is 2.75. The van der Waals surface area contributed by atoms with E-state index in [-0.39, 0.29) is 17.7 Å². The molecular formula is C14H17ClN2O2. The summed E-state index contributed by atoms with van der Waals surface area (Å²) in [5.74, 6) is -0.346. The number of hydrogen-bond acceptors (Lipinski definition) is 2. The van der Waals surface area contributed by atoms with E-state index in [0.29, 0.717) is 30.2 Å². The Bertz CT molecular complexity index is 516. The van der Waals surface area contributed by atoms with Crippen molar-refractivity contribution in [2.45, 2.75) is 20.3 Å². The maximum absolute atomic E-state index is 12.1. The molecule has 1 aliphatic heterocycles. The van der Waals surface area contributed by atoms with Gasteiger partial charge in [-0.2, -0.15) is 0 Å². The van der Waals surface area contributed by atoms with Gasteiger partial charge in [-0.25, -0.2) is 0 Å². The van der Waals surface area contributed by atoms with Crippen LogP contribution in [0.25, 0.3) is 0 Å². The number of halogens is 1. The number of amides is 2. The predicted octanol–water partition coefficient (Wildman–Crippen LogP) is 2.46. The van der Waals surface area contributed by atoms with Gasteiger partial charge in [-0.05, 0) is 31.5 Å². The molecule has 1 aliphatic rings. The van der Waals surface area contributed by atoms with Crippen molar-refractivity contribution >= 4 is 29.1 Å². The standard InChI is InChI=1S/C14H17ClN2O2/c1-3-17-8-10(6-13(17)18)14(19)16-11-5-4-9(2)12(15)7-11/h4-5,7,10H,3,6,8H2,1-2H3,(H,16,19). The SMILES string of the molecule is CCN1CC(C(=O)Nc2ccc(C)c(Cl)c2)CC1=O. The summed E-state index contributed by atoms with van der Waals surface area (Å²) in [5.41, 5.74) is 1.64. The van der Waals surface area contributed by atoms with Crippen LogP contribution in [-0.4, -0.2) is 29.8 Å². The average molecular weight is 281 g/mol. The van der Waals surface area contributed by atoms with Crippen molar-refractivity contribution in [1.82, 2.24) is 4.90 Å². The summed E-state index contributed by atoms with van der Waals surface area (Å²) in [4.78, 5) is 25.4. The van der Waals surface area contributed by atoms with Crippen LogP contribution in [0.4, 0.5) is 5.69 Å². The van der Waals surface area contributed by atoms with Gasteiger partial charge in [0.05, 0.1) is 5.92 Å². The molecule has 0 bridgehead atoms. The van der Waals surface area contributed by atoms with Gasteiger partial charge in [-0.1, -0.05) is 17.7 Å². The predicted molar refractivity (Wildman–Crippen MR) is 75.2 cm³/mol. The third-order valence-corrected chi connectivity index (χ3v) is 3.81. The van der Waals surface area contributed by atoms with Crippen molar-refractivity contribution in [3.05, 3.63) is 28.8 Å². The number of likely N-dealkylation sites (tertiary alicyclic amines) is 1. The van der Waals surface area contributed by atoms with Gasteiger partial charge in [0.15, 0.2) is 0 Å². The van der Waals surface area contributed by atoms with Crippen LogP contribution in [0.3, 0.4) is 0 Å². The highest BCUT2D eigenvalue weighted by atomic mass is 35.5. The van der Waals surface area contributed by atoms with E-state index in [1.54, 1.807) is 11.0 Å². The molecule has 2 amide bonds. The maximum atomic E-state index is 12.1. The van der Waals surface area contributed by atoms with Crippen molar-refractivity contribution in [2.75, 3.05) is 18.4 Å². The Kier molecular flexibility index (Phi) is 4.10. The van der Waals surface area contributed by atoms with Crippen LogP contribution in [0, 0.1) is 12.8 Å². The van der Waals surface area contributed by atoms with Crippen LogP contribution < -0.4 is 5.32 Å². The van der Waals surface area contributed by atoms with Crippen LogP contribution in [0.15, 0.2) is 18.2 Å². The van der Waals surface area contributed by atoms with E-state index in [9.17, 15) is 9.59 Å². The van der Waals surface area contributed by atoms with Crippen LogP contribution in [0.2, 0.25) is 5.02 Å². The Morgan fingerprint density at radius 2 is 2.26 bits per heavy atom. The van der Waals surface area contributed by atoms with Crippen molar-refractivity contribution in [3.8, 4) is 0 Å². The van der Waals surface area contributed by atoms with Crippen LogP contribution in [-0.2, 0) is 9.59 Å². The Labute approximate surface area is 117 Å². The van der Waals surface area contributed by atoms with E-state index in [2.05, 4.69) is 5.32 Å². The minimum absolute atomic E-state index is 0.0459. The van der Waals surface area contributed by atoms with Gasteiger partial charge in [0.1, 0.15) is 0 Å². The highest BCUT2D eigenvalue weighted by Crippen LogP contribution is 2.23. The quantitative estimate of drug-likeness (QED) is 0.925. The van der Waals surface area contributed by atoms with Gasteiger partial charge < -0.3 is 10.2 Å². The number of hydrogen-bond donors (Lipinski definition) is 1. The number of aryl methyl sites for hydroxylation is 1. The minimum Gasteiger partial charge on any atom is -0.342 e. The molecule has 1 atom stereocenters. The molecule has 1 heterocycles. The number of carbonyl (C=O) groups is 2. The van der Waals surface area contributed by atoms with Gasteiger partial charge in [-0.15, -0.1) is 0 Å². The van der Waals surface area contributed by atoms with Gasteiger partial charge in [-0.3, -0.25) is 9.59 Å². The van der Waals surface area contributed by atoms with E-state index < -0.39 is 0 Å². The molecule has 1 N–H and O–H groups in total. The Morgan fingerprint density at radius 3 is 2.84 bits per heavy atom. The van der Waals surface area contributed by atoms with E-state index in [0.717, 1.165) is 5.56 Å². The Balaban J connectivity index is 2.02. The second kappa shape index (κ2) is 5.61. The largest absolute Gasteiger partial charge is 0.342 e. The molecule has 19 heavy (non-hydrogen) atoms. The summed E-state index contributed by atoms with van der Waals surface area (Å²) in [5, 5.41) is 3.44. The van der Waals surface area contributed by atoms with E-state index >= 15 is 0 Å². The molecule has 0 saturated carbocycles. The lowest BCUT2D eigenvalue weighted by Gasteiger charge is -2.14. The number of nitrogens with one attached hydrogen (secondary N) is 1. The number of benzene rings is 1. The fraction of sp³-hybridized carbons (Fsp3) is 0.429. The second-order valence-electron chi connectivity index (χ2n) is 4.79. The van der Waals surface area contributed by atoms with E-state index in [1.807, 2.05) is 26.0 Å². The third-order valence-electron chi connectivity index (χ3n) is 3.41. The zero-order valence-electron chi connectivity index (χ0n) is 11.1. The van der Waals surface area contributed by atoms with Crippen LogP contribution >= 0.6 is 11.6 Å². The Hall–Kier alpha value is -1.55. The summed E-state index contributed by atoms with van der Waals surface area (Å²) in [6, 6.07) is 5.40. The highest BCUT2D eigenvalue weighted by Gasteiger charge is 2.33. The molecule has 1 unspecified atom stereocenters. The molecule has 0 aromatic heterocycles. The number of rotatable bonds is 3. The lowest BCUT2D eigenvalue weighted by Crippen LogP contribution is -2.28. The summed E-state index contributed by atoms with van der Waals surface area (Å²) in [7, 11) is 0. The second-order valence-corrected chi connectivity index (χ2v) is 5.19. The molecule has 1 fully saturated rings. The summed E-state index contributed by atoms with van der Waals surface area (Å²) < 4.78 is 0. The van der Waals surface area contributed by atoms with Gasteiger partial charge >= 0.3 is 0 Å². The first-order valence-electron chi connectivity index (χ1n) is 6.36. The zero-order valence-corrected chi connectivity index (χ0v) is 11.8. The number of anilines is 1. The highest BCUT2D eigenvalue weighted by molar-refractivity contribution is 6.31. The van der Waals surface area contributed by atoms with Crippen molar-refractivity contribution in [1.29, 1.82) is 0 Å². The molecule has 4 nitrogen and oxygen atoms in total. The number of carbonyl (C=O) groups excluding carboxylic acids is 2. The van der Waals surface area contributed by atoms with Crippen molar-refractivity contribution in [3.63, 3.8) is 0 Å². The van der Waals surface area contributed by atoms with Gasteiger partial charge in [0, 0.05) is 30.2 Å². The number of nitrogens with zero attached hydrogens (tertiary/aromatic N) is 1. The summed E-state index contributed by atoms with van der Waals surface area (Å²) in [6.45, 7) is 4.97. The molecule has 2 rings (SSSR count). The molecule has 102 valence electrons. The normalized spacial score (nSPS) is 18.8. The van der Waals surface area contributed by atoms with Gasteiger partial charge in [0.25, 0.3) is 0 Å². The van der Waals surface area contributed by atoms with Gasteiger partial charge in [0.2, 0.25) is 11.8 Å². The first kappa shape index (κ1) is 13.9. The lowest BCUT2D eigenvalue weighted by molar-refractivity contribution is -0.128. The summed E-state index contributed by atoms with van der Waals surface area (Å²) >= 11 is 6.01. The zero-order chi connectivity index (χ0) is 14.0. The van der Waals surface area contributed by atoms with Crippen LogP contribution in [0.1, 0.15) is 18.9 Å². The molecule has 0 aliphatic carbocycles. The first-order chi connectivity index (χ1) is 9.01. The van der Waals surface area contributed by atoms with E-state index in [1.165, 1.54) is 0 Å². The molecular weight excluding hydrogens is 264 g/mol. The fourth-order valence-corrected chi connectivity index (χ4v) is 2.35. The molecule has 0 spiro atoms. The van der Waals surface area contributed by atoms with Crippen LogP contribution in [0.5, 0.6) is 0 Å². The molecule has 1 aromatic carbocycles. The van der Waals surface area contributed by atoms with Crippen molar-refractivity contribution in [2.24, 2.45) is 5.92 Å². The minimum atomic E-state index is -0.271. The monoisotopic (exact) mass is 280 g/mol. The first-order valence-corrected chi connectivity index (χ1v) is 6.74. The summed E-state index contributed by atoms with van der Waals surface area (Å²) in [6.07, 6.45) is 0.291. The third kappa shape index (κ3) is 3.07. The fourth-order valence-electron chi connectivity index (χ4n) is 2.17. The Morgan fingerprint density at radius 1 is 1.53 bits per heavy atom. The topological polar surface area (TPSA) is 49.4 Å². The van der Waals surface area contributed by atoms with E-state index in [4.69, 9.17) is 11.6 Å².